The summed E-state index contributed by atoms with van der Waals surface area (Å²) < 4.78 is 0. The lowest BCUT2D eigenvalue weighted by molar-refractivity contribution is 0.178. The number of carboxylic acid groups (broad SMARTS) is 1. The quantitative estimate of drug-likeness (QED) is 0.458. The minimum Gasteiger partial charge on any atom is -0.465 e. The molecule has 4 nitrogen and oxygen atoms in total. The van der Waals surface area contributed by atoms with Crippen LogP contribution in [0.5, 0.6) is 0 Å². The molecule has 0 aromatic carbocycles. The van der Waals surface area contributed by atoms with Crippen LogP contribution < -0.4 is 11.1 Å². The number of amides is 1. The number of carbonyl (C=O) groups is 1. The summed E-state index contributed by atoms with van der Waals surface area (Å²) >= 11 is 0. The lowest BCUT2D eigenvalue weighted by Gasteiger charge is -2.31. The second kappa shape index (κ2) is 2.23. The first-order chi connectivity index (χ1) is 4.18. The molecule has 0 atom stereocenters. The first-order valence-corrected chi connectivity index (χ1v) is 2.93. The molecule has 1 aliphatic rings. The Morgan fingerprint density at radius 1 is 1.67 bits per heavy atom. The summed E-state index contributed by atoms with van der Waals surface area (Å²) in [4.78, 5) is 9.96. The lowest BCUT2D eigenvalue weighted by atomic mass is 9.88. The molecule has 0 aliphatic heterocycles. The molecule has 0 saturated heterocycles. The SMILES string of the molecule is NC1CC(NC(=O)O)C1. The highest BCUT2D eigenvalue weighted by Gasteiger charge is 2.26. The lowest BCUT2D eigenvalue weighted by Crippen LogP contribution is -2.49. The number of rotatable bonds is 1. The third kappa shape index (κ3) is 1.57. The average molecular weight is 130 g/mol. The predicted octanol–water partition coefficient (Wildman–Crippen LogP) is -0.256. The van der Waals surface area contributed by atoms with E-state index in [2.05, 4.69) is 5.32 Å². The van der Waals surface area contributed by atoms with Crippen LogP contribution in [0.1, 0.15) is 12.8 Å². The van der Waals surface area contributed by atoms with E-state index in [4.69, 9.17) is 10.8 Å². The summed E-state index contributed by atoms with van der Waals surface area (Å²) in [6.45, 7) is 0. The fraction of sp³-hybridized carbons (Fsp3) is 0.800. The van der Waals surface area contributed by atoms with Crippen LogP contribution in [0, 0.1) is 0 Å². The van der Waals surface area contributed by atoms with Crippen molar-refractivity contribution in [2.24, 2.45) is 5.73 Å². The first kappa shape index (κ1) is 6.35. The highest BCUT2D eigenvalue weighted by atomic mass is 16.4. The Hall–Kier alpha value is -0.770. The van der Waals surface area contributed by atoms with Crippen molar-refractivity contribution in [2.75, 3.05) is 0 Å². The van der Waals surface area contributed by atoms with Crippen LogP contribution in [0.25, 0.3) is 0 Å². The van der Waals surface area contributed by atoms with Crippen molar-refractivity contribution < 1.29 is 9.90 Å². The van der Waals surface area contributed by atoms with Gasteiger partial charge in [-0.2, -0.15) is 0 Å². The fourth-order valence-corrected chi connectivity index (χ4v) is 0.954. The standard InChI is InChI=1S/C5H10N2O2/c6-3-1-4(2-3)7-5(8)9/h3-4,7H,1-2,6H2,(H,8,9). The molecule has 0 unspecified atom stereocenters. The van der Waals surface area contributed by atoms with Crippen LogP contribution in [0.2, 0.25) is 0 Å². The third-order valence-electron chi connectivity index (χ3n) is 1.50. The summed E-state index contributed by atoms with van der Waals surface area (Å²) in [5.41, 5.74) is 5.41. The molecule has 1 amide bonds. The number of nitrogens with two attached hydrogens (primary N) is 1. The highest BCUT2D eigenvalue weighted by molar-refractivity contribution is 5.65. The van der Waals surface area contributed by atoms with Crippen molar-refractivity contribution in [1.29, 1.82) is 0 Å². The van der Waals surface area contributed by atoms with Gasteiger partial charge < -0.3 is 16.2 Å². The minimum absolute atomic E-state index is 0.109. The molecule has 1 aliphatic carbocycles. The van der Waals surface area contributed by atoms with Gasteiger partial charge in [-0.15, -0.1) is 0 Å². The van der Waals surface area contributed by atoms with E-state index in [1.807, 2.05) is 0 Å². The fourth-order valence-electron chi connectivity index (χ4n) is 0.954. The second-order valence-electron chi connectivity index (χ2n) is 2.38. The van der Waals surface area contributed by atoms with E-state index in [0.29, 0.717) is 0 Å². The zero-order valence-corrected chi connectivity index (χ0v) is 5.00. The average Bonchev–Trinajstić information content (AvgIpc) is 1.60. The normalized spacial score (nSPS) is 33.0. The molecule has 4 N–H and O–H groups in total. The van der Waals surface area contributed by atoms with Gasteiger partial charge in [0.2, 0.25) is 0 Å². The molecule has 9 heavy (non-hydrogen) atoms. The van der Waals surface area contributed by atoms with Gasteiger partial charge in [0.1, 0.15) is 0 Å². The molecule has 1 rings (SSSR count). The van der Waals surface area contributed by atoms with Gasteiger partial charge in [-0.25, -0.2) is 4.79 Å². The number of nitrogens with one attached hydrogen (secondary N) is 1. The summed E-state index contributed by atoms with van der Waals surface area (Å²) in [6, 6.07) is 0.319. The van der Waals surface area contributed by atoms with Gasteiger partial charge in [0.15, 0.2) is 0 Å². The van der Waals surface area contributed by atoms with Crippen LogP contribution in [-0.2, 0) is 0 Å². The van der Waals surface area contributed by atoms with Crippen LogP contribution >= 0.6 is 0 Å². The maximum Gasteiger partial charge on any atom is 0.404 e. The molecular formula is C5H10N2O2. The van der Waals surface area contributed by atoms with E-state index < -0.39 is 6.09 Å². The first-order valence-electron chi connectivity index (χ1n) is 2.93. The maximum absolute atomic E-state index is 9.96. The summed E-state index contributed by atoms with van der Waals surface area (Å²) in [6.07, 6.45) is 0.616. The molecule has 1 saturated carbocycles. The molecule has 0 radical (unpaired) electrons. The van der Waals surface area contributed by atoms with E-state index in [-0.39, 0.29) is 12.1 Å². The summed E-state index contributed by atoms with van der Waals surface area (Å²) in [7, 11) is 0. The summed E-state index contributed by atoms with van der Waals surface area (Å²) in [5.74, 6) is 0. The molecule has 52 valence electrons. The van der Waals surface area contributed by atoms with Crippen LogP contribution in [0.4, 0.5) is 4.79 Å². The molecule has 0 bridgehead atoms. The topological polar surface area (TPSA) is 75.3 Å². The van der Waals surface area contributed by atoms with Crippen molar-refractivity contribution in [3.63, 3.8) is 0 Å². The Labute approximate surface area is 53.0 Å². The van der Waals surface area contributed by atoms with Gasteiger partial charge in [-0.3, -0.25) is 0 Å². The van der Waals surface area contributed by atoms with Gasteiger partial charge in [-0.05, 0) is 12.8 Å². The molecule has 1 fully saturated rings. The Balaban J connectivity index is 2.11. The maximum atomic E-state index is 9.96. The predicted molar refractivity (Wildman–Crippen MR) is 32.2 cm³/mol. The summed E-state index contributed by atoms with van der Waals surface area (Å²) in [5, 5.41) is 10.5. The Kier molecular flexibility index (Phi) is 1.57. The van der Waals surface area contributed by atoms with Gasteiger partial charge >= 0.3 is 6.09 Å². The molecule has 4 heteroatoms. The minimum atomic E-state index is -0.952. The molecular weight excluding hydrogens is 120 g/mol. The second-order valence-corrected chi connectivity index (χ2v) is 2.38. The van der Waals surface area contributed by atoms with Crippen molar-refractivity contribution >= 4 is 6.09 Å². The van der Waals surface area contributed by atoms with E-state index in [1.165, 1.54) is 0 Å². The van der Waals surface area contributed by atoms with Crippen molar-refractivity contribution in [3.8, 4) is 0 Å². The van der Waals surface area contributed by atoms with Gasteiger partial charge in [-0.1, -0.05) is 0 Å². The zero-order chi connectivity index (χ0) is 6.85. The molecule has 0 aromatic rings. The molecule has 0 heterocycles. The highest BCUT2D eigenvalue weighted by Crippen LogP contribution is 2.16. The van der Waals surface area contributed by atoms with E-state index in [1.54, 1.807) is 0 Å². The van der Waals surface area contributed by atoms with Crippen molar-refractivity contribution in [2.45, 2.75) is 24.9 Å². The number of hydrogen-bond acceptors (Lipinski definition) is 2. The van der Waals surface area contributed by atoms with Gasteiger partial charge in [0, 0.05) is 12.1 Å². The van der Waals surface area contributed by atoms with Gasteiger partial charge in [0.05, 0.1) is 0 Å². The zero-order valence-electron chi connectivity index (χ0n) is 5.00. The third-order valence-corrected chi connectivity index (χ3v) is 1.50. The Morgan fingerprint density at radius 2 is 2.22 bits per heavy atom. The van der Waals surface area contributed by atoms with E-state index in [0.717, 1.165) is 12.8 Å². The molecule has 0 aromatic heterocycles. The van der Waals surface area contributed by atoms with Crippen LogP contribution in [0.3, 0.4) is 0 Å². The monoisotopic (exact) mass is 130 g/mol. The van der Waals surface area contributed by atoms with Crippen molar-refractivity contribution in [1.82, 2.24) is 5.32 Å². The van der Waals surface area contributed by atoms with E-state index in [9.17, 15) is 4.79 Å². The largest absolute Gasteiger partial charge is 0.465 e. The smallest absolute Gasteiger partial charge is 0.404 e. The number of hydrogen-bond donors (Lipinski definition) is 3. The van der Waals surface area contributed by atoms with E-state index >= 15 is 0 Å². The van der Waals surface area contributed by atoms with Crippen LogP contribution in [-0.4, -0.2) is 23.3 Å². The van der Waals surface area contributed by atoms with Crippen molar-refractivity contribution in [3.05, 3.63) is 0 Å². The Morgan fingerprint density at radius 3 is 2.56 bits per heavy atom. The van der Waals surface area contributed by atoms with Gasteiger partial charge in [0.25, 0.3) is 0 Å². The Bertz CT molecular complexity index is 120. The van der Waals surface area contributed by atoms with Crippen LogP contribution in [0.15, 0.2) is 0 Å². The molecule has 0 spiro atoms.